The number of fused-ring (bicyclic) bond motifs is 1. The minimum atomic E-state index is -4.56. The van der Waals surface area contributed by atoms with Gasteiger partial charge in [-0.1, -0.05) is 75.4 Å². The number of carbonyl (C=O) groups excluding carboxylic acids is 3. The highest BCUT2D eigenvalue weighted by Crippen LogP contribution is 2.69. The molecule has 3 N–H and O–H groups in total. The molecule has 0 radical (unpaired) electrons. The first-order valence-corrected chi connectivity index (χ1v) is 21.3. The molecule has 7 rings (SSSR count). The second kappa shape index (κ2) is 16.5. The molecule has 14 heteroatoms. The van der Waals surface area contributed by atoms with Gasteiger partial charge in [-0.15, -0.1) is 6.58 Å². The van der Waals surface area contributed by atoms with E-state index in [4.69, 9.17) is 23.7 Å². The Morgan fingerprint density at radius 1 is 0.983 bits per heavy atom. The summed E-state index contributed by atoms with van der Waals surface area (Å²) in [6, 6.07) is 22.9. The van der Waals surface area contributed by atoms with Gasteiger partial charge in [0.2, 0.25) is 11.8 Å². The number of benzene rings is 3. The number of hydrogen-bond donors (Lipinski definition) is 3. The maximum absolute atomic E-state index is 14.8. The fourth-order valence-corrected chi connectivity index (χ4v) is 9.71. The molecule has 1 aliphatic heterocycles. The molecule has 306 valence electrons. The lowest BCUT2D eigenvalue weighted by Crippen LogP contribution is -2.58. The van der Waals surface area contributed by atoms with Gasteiger partial charge < -0.3 is 39.2 Å². The number of pyridine rings is 1. The van der Waals surface area contributed by atoms with Crippen LogP contribution >= 0.6 is 7.60 Å². The highest BCUT2D eigenvalue weighted by atomic mass is 31.2. The topological polar surface area (TPSA) is 166 Å². The van der Waals surface area contributed by atoms with E-state index < -0.39 is 60.3 Å². The summed E-state index contributed by atoms with van der Waals surface area (Å²) >= 11 is 0. The number of para-hydroxylation sites is 1. The molecule has 3 aliphatic rings. The molecule has 3 aromatic carbocycles. The van der Waals surface area contributed by atoms with Crippen LogP contribution in [0, 0.1) is 11.3 Å². The maximum Gasteiger partial charge on any atom is 0.408 e. The Balaban J connectivity index is 1.22. The molecule has 1 aromatic heterocycles. The fraction of sp³-hybridized carbons (Fsp3) is 0.409. The van der Waals surface area contributed by atoms with E-state index >= 15 is 0 Å². The molecule has 1 saturated heterocycles. The molecule has 13 nitrogen and oxygen atoms in total. The van der Waals surface area contributed by atoms with Crippen LogP contribution < -0.4 is 24.6 Å². The van der Waals surface area contributed by atoms with Gasteiger partial charge in [0, 0.05) is 35.4 Å². The van der Waals surface area contributed by atoms with Crippen molar-refractivity contribution in [3.8, 4) is 28.5 Å². The molecule has 4 aromatic rings. The molecule has 58 heavy (non-hydrogen) atoms. The summed E-state index contributed by atoms with van der Waals surface area (Å²) in [6.45, 7) is 9.28. The zero-order valence-electron chi connectivity index (χ0n) is 33.3. The Labute approximate surface area is 338 Å². The number of aromatic nitrogens is 1. The number of hydrogen-bond acceptors (Lipinski definition) is 9. The minimum absolute atomic E-state index is 0.0291. The van der Waals surface area contributed by atoms with Crippen LogP contribution in [0.2, 0.25) is 0 Å². The summed E-state index contributed by atoms with van der Waals surface area (Å²) in [6.07, 6.45) is 3.46. The van der Waals surface area contributed by atoms with Crippen molar-refractivity contribution in [2.75, 3.05) is 13.7 Å². The monoisotopic (exact) mass is 810 g/mol. The third kappa shape index (κ3) is 8.56. The average molecular weight is 811 g/mol. The van der Waals surface area contributed by atoms with Crippen molar-refractivity contribution in [1.82, 2.24) is 20.5 Å². The zero-order valence-corrected chi connectivity index (χ0v) is 34.2. The zero-order chi connectivity index (χ0) is 41.2. The second-order valence-electron chi connectivity index (χ2n) is 16.4. The molecule has 0 bridgehead atoms. The fourth-order valence-electron chi connectivity index (χ4n) is 7.93. The molecular weight excluding hydrogens is 759 g/mol. The predicted molar refractivity (Wildman–Crippen MR) is 219 cm³/mol. The summed E-state index contributed by atoms with van der Waals surface area (Å²) in [5, 5.41) is 4.68. The third-order valence-electron chi connectivity index (χ3n) is 11.2. The van der Waals surface area contributed by atoms with Crippen LogP contribution in [0.25, 0.3) is 22.2 Å². The molecule has 3 fully saturated rings. The quantitative estimate of drug-likeness (QED) is 0.0904. The standard InChI is InChI=1S/C44H51N4O9P/c1-6-29-26-44(29,58(52,53)57-31-19-11-8-12-20-31)47-40(49)37-24-33(27-48(37)41(50)39(43(2,3)4)46-42(51)56-30-17-13-14-18-30)55-38-25-35(28-15-9-7-10-16-28)45-36-23-32(54-5)21-22-34(36)38/h6-12,15-16,19-23,25,29-30,33,37,39H,1,13-14,17-18,24,26-27H2,2-5H3,(H,46,51)(H,47,49)(H,52,53)/t29?,33-,37+,39-,44?/m1/s1. The number of amides is 3. The van der Waals surface area contributed by atoms with E-state index in [1.54, 1.807) is 43.5 Å². The summed E-state index contributed by atoms with van der Waals surface area (Å²) in [5.41, 5.74) is 1.33. The van der Waals surface area contributed by atoms with Crippen LogP contribution in [0.15, 0.2) is 97.6 Å². The number of nitrogens with one attached hydrogen (secondary N) is 2. The van der Waals surface area contributed by atoms with E-state index in [9.17, 15) is 23.8 Å². The summed E-state index contributed by atoms with van der Waals surface area (Å²) in [4.78, 5) is 60.4. The molecule has 0 spiro atoms. The second-order valence-corrected chi connectivity index (χ2v) is 18.4. The van der Waals surface area contributed by atoms with Crippen LogP contribution in [0.5, 0.6) is 17.2 Å². The van der Waals surface area contributed by atoms with E-state index in [-0.39, 0.29) is 31.2 Å². The van der Waals surface area contributed by atoms with Gasteiger partial charge >= 0.3 is 13.7 Å². The molecule has 2 saturated carbocycles. The predicted octanol–water partition coefficient (Wildman–Crippen LogP) is 7.63. The molecule has 6 atom stereocenters. The molecule has 2 heterocycles. The largest absolute Gasteiger partial charge is 0.497 e. The van der Waals surface area contributed by atoms with Crippen LogP contribution in [0.3, 0.4) is 0 Å². The average Bonchev–Trinajstić information content (AvgIpc) is 3.46. The molecule has 3 amide bonds. The Morgan fingerprint density at radius 3 is 2.31 bits per heavy atom. The molecule has 3 unspecified atom stereocenters. The van der Waals surface area contributed by atoms with E-state index in [0.717, 1.165) is 31.2 Å². The van der Waals surface area contributed by atoms with Crippen LogP contribution in [-0.4, -0.2) is 75.9 Å². The highest BCUT2D eigenvalue weighted by Gasteiger charge is 2.68. The number of rotatable bonds is 13. The first-order chi connectivity index (χ1) is 27.7. The first kappa shape index (κ1) is 40.8. The normalized spacial score (nSPS) is 23.3. The van der Waals surface area contributed by atoms with Gasteiger partial charge in [-0.05, 0) is 61.8 Å². The lowest BCUT2D eigenvalue weighted by atomic mass is 9.85. The van der Waals surface area contributed by atoms with Gasteiger partial charge in [0.25, 0.3) is 0 Å². The van der Waals surface area contributed by atoms with Gasteiger partial charge in [0.15, 0.2) is 5.28 Å². The van der Waals surface area contributed by atoms with Crippen molar-refractivity contribution < 1.29 is 42.6 Å². The Kier molecular flexibility index (Phi) is 11.6. The van der Waals surface area contributed by atoms with Crippen molar-refractivity contribution in [2.24, 2.45) is 11.3 Å². The van der Waals surface area contributed by atoms with Crippen molar-refractivity contribution in [1.29, 1.82) is 0 Å². The number of ether oxygens (including phenoxy) is 3. The van der Waals surface area contributed by atoms with E-state index in [1.807, 2.05) is 69.3 Å². The van der Waals surface area contributed by atoms with Gasteiger partial charge in [-0.3, -0.25) is 9.59 Å². The Bertz CT molecular complexity index is 2210. The number of likely N-dealkylation sites (tertiary alicyclic amines) is 1. The van der Waals surface area contributed by atoms with Gasteiger partial charge in [0.1, 0.15) is 41.5 Å². The third-order valence-corrected chi connectivity index (χ3v) is 13.3. The first-order valence-electron chi connectivity index (χ1n) is 19.7. The Morgan fingerprint density at radius 2 is 1.67 bits per heavy atom. The smallest absolute Gasteiger partial charge is 0.408 e. The van der Waals surface area contributed by atoms with Gasteiger partial charge in [0.05, 0.1) is 24.9 Å². The van der Waals surface area contributed by atoms with E-state index in [1.165, 1.54) is 11.0 Å². The summed E-state index contributed by atoms with van der Waals surface area (Å²) < 4.78 is 37.6. The van der Waals surface area contributed by atoms with Gasteiger partial charge in [-0.2, -0.15) is 0 Å². The Hall–Kier alpha value is -5.39. The number of alkyl carbamates (subject to hydrolysis) is 1. The van der Waals surface area contributed by atoms with Crippen LogP contribution in [0.1, 0.15) is 59.3 Å². The van der Waals surface area contributed by atoms with Crippen LogP contribution in [-0.2, 0) is 18.9 Å². The maximum atomic E-state index is 14.8. The SMILES string of the molecule is C=CC1CC1(NC(=O)[C@@H]1C[C@@H](Oc2cc(-c3ccccc3)nc3cc(OC)ccc23)CN1C(=O)[C@@H](NC(=O)OC1CCCC1)C(C)(C)C)P(=O)(O)Oc1ccccc1. The number of nitrogens with zero attached hydrogens (tertiary/aromatic N) is 2. The van der Waals surface area contributed by atoms with Crippen molar-refractivity contribution in [2.45, 2.75) is 88.9 Å². The molecule has 2 aliphatic carbocycles. The van der Waals surface area contributed by atoms with E-state index in [2.05, 4.69) is 17.2 Å². The van der Waals surface area contributed by atoms with E-state index in [0.29, 0.717) is 28.1 Å². The lowest BCUT2D eigenvalue weighted by Gasteiger charge is -2.35. The van der Waals surface area contributed by atoms with Crippen molar-refractivity contribution in [3.63, 3.8) is 0 Å². The van der Waals surface area contributed by atoms with Gasteiger partial charge in [-0.25, -0.2) is 14.3 Å². The molecular formula is C44H51N4O9P. The summed E-state index contributed by atoms with van der Waals surface area (Å²) in [5.74, 6) is -0.485. The van der Waals surface area contributed by atoms with Crippen LogP contribution in [0.4, 0.5) is 4.79 Å². The lowest BCUT2D eigenvalue weighted by molar-refractivity contribution is -0.142. The number of methoxy groups -OCH3 is 1. The summed E-state index contributed by atoms with van der Waals surface area (Å²) in [7, 11) is -2.98. The number of carbonyl (C=O) groups is 3. The minimum Gasteiger partial charge on any atom is -0.497 e. The highest BCUT2D eigenvalue weighted by molar-refractivity contribution is 7.55. The van der Waals surface area contributed by atoms with Crippen molar-refractivity contribution >= 4 is 36.4 Å². The van der Waals surface area contributed by atoms with Crippen molar-refractivity contribution in [3.05, 3.63) is 97.6 Å².